The average molecular weight is 355 g/mol. The summed E-state index contributed by atoms with van der Waals surface area (Å²) in [6, 6.07) is 9.51. The first-order valence-electron chi connectivity index (χ1n) is 11.8. The molecular weight excluding hydrogens is 312 g/mol. The topological polar surface area (TPSA) is 0 Å². The molecule has 0 aromatic heterocycles. The van der Waals surface area contributed by atoms with Crippen molar-refractivity contribution >= 4 is 0 Å². The smallest absolute Gasteiger partial charge is 0.0250 e. The zero-order valence-corrected chi connectivity index (χ0v) is 17.5. The maximum Gasteiger partial charge on any atom is -0.0250 e. The Kier molecular flexibility index (Phi) is 8.08. The Morgan fingerprint density at radius 3 is 1.65 bits per heavy atom. The van der Waals surface area contributed by atoms with Crippen LogP contribution in [0.2, 0.25) is 0 Å². The molecule has 1 aromatic rings. The van der Waals surface area contributed by atoms with Gasteiger partial charge in [0, 0.05) is 0 Å². The zero-order valence-electron chi connectivity index (χ0n) is 17.5. The van der Waals surface area contributed by atoms with Crippen LogP contribution in [-0.4, -0.2) is 0 Å². The molecule has 0 amide bonds. The van der Waals surface area contributed by atoms with Gasteiger partial charge in [0.15, 0.2) is 0 Å². The Bertz CT molecular complexity index is 483. The number of aryl methyl sites for hydroxylation is 1. The van der Waals surface area contributed by atoms with Crippen molar-refractivity contribution in [3.05, 3.63) is 35.4 Å². The Balaban J connectivity index is 1.35. The summed E-state index contributed by atoms with van der Waals surface area (Å²) < 4.78 is 0. The van der Waals surface area contributed by atoms with Crippen LogP contribution in [0.1, 0.15) is 102 Å². The summed E-state index contributed by atoms with van der Waals surface area (Å²) in [5.74, 6) is 4.13. The molecule has 0 radical (unpaired) electrons. The molecule has 0 atom stereocenters. The number of benzene rings is 1. The Hall–Kier alpha value is -0.780. The van der Waals surface area contributed by atoms with Crippen molar-refractivity contribution in [3.8, 4) is 0 Å². The first kappa shape index (κ1) is 20.0. The summed E-state index contributed by atoms with van der Waals surface area (Å²) in [5, 5.41) is 0. The highest BCUT2D eigenvalue weighted by molar-refractivity contribution is 5.23. The SMILES string of the molecule is CCCc1ccc(C[C@H]2CC[C@H](CC3CCC(CCC)CC3)CC2)cc1. The maximum absolute atomic E-state index is 2.39. The summed E-state index contributed by atoms with van der Waals surface area (Å²) in [7, 11) is 0. The molecule has 2 aliphatic carbocycles. The van der Waals surface area contributed by atoms with Gasteiger partial charge in [-0.15, -0.1) is 0 Å². The minimum absolute atomic E-state index is 0.948. The van der Waals surface area contributed by atoms with Crippen LogP contribution in [0.25, 0.3) is 0 Å². The third kappa shape index (κ3) is 6.14. The molecule has 0 heterocycles. The highest BCUT2D eigenvalue weighted by atomic mass is 14.3. The summed E-state index contributed by atoms with van der Waals surface area (Å²) in [6.07, 6.45) is 20.3. The lowest BCUT2D eigenvalue weighted by molar-refractivity contribution is 0.187. The van der Waals surface area contributed by atoms with Crippen molar-refractivity contribution in [2.45, 2.75) is 104 Å². The van der Waals surface area contributed by atoms with Gasteiger partial charge in [0.25, 0.3) is 0 Å². The van der Waals surface area contributed by atoms with Gasteiger partial charge in [-0.2, -0.15) is 0 Å². The fourth-order valence-electron chi connectivity index (χ4n) is 5.77. The summed E-state index contributed by atoms with van der Waals surface area (Å²) in [4.78, 5) is 0. The lowest BCUT2D eigenvalue weighted by Gasteiger charge is -2.34. The lowest BCUT2D eigenvalue weighted by atomic mass is 9.72. The molecule has 2 fully saturated rings. The Labute approximate surface area is 163 Å². The van der Waals surface area contributed by atoms with Crippen molar-refractivity contribution in [2.24, 2.45) is 23.7 Å². The van der Waals surface area contributed by atoms with E-state index in [1.165, 1.54) is 89.0 Å². The van der Waals surface area contributed by atoms with E-state index in [2.05, 4.69) is 38.1 Å². The molecule has 0 unspecified atom stereocenters. The molecule has 1 aromatic carbocycles. The quantitative estimate of drug-likeness (QED) is 0.444. The van der Waals surface area contributed by atoms with Gasteiger partial charge in [-0.25, -0.2) is 0 Å². The first-order chi connectivity index (χ1) is 12.8. The van der Waals surface area contributed by atoms with Gasteiger partial charge >= 0.3 is 0 Å². The van der Waals surface area contributed by atoms with Crippen LogP contribution in [0.5, 0.6) is 0 Å². The fourth-order valence-corrected chi connectivity index (χ4v) is 5.77. The molecule has 2 aliphatic rings. The number of hydrogen-bond donors (Lipinski definition) is 0. The lowest BCUT2D eigenvalue weighted by Crippen LogP contribution is -2.21. The van der Waals surface area contributed by atoms with Gasteiger partial charge in [0.1, 0.15) is 0 Å². The van der Waals surface area contributed by atoms with E-state index in [9.17, 15) is 0 Å². The molecular formula is C26H42. The average Bonchev–Trinajstić information content (AvgIpc) is 2.67. The monoisotopic (exact) mass is 354 g/mol. The van der Waals surface area contributed by atoms with Gasteiger partial charge in [0.2, 0.25) is 0 Å². The Morgan fingerprint density at radius 1 is 0.615 bits per heavy atom. The zero-order chi connectivity index (χ0) is 18.2. The first-order valence-corrected chi connectivity index (χ1v) is 11.8. The van der Waals surface area contributed by atoms with E-state index in [1.54, 1.807) is 12.0 Å². The van der Waals surface area contributed by atoms with Gasteiger partial charge in [-0.05, 0) is 66.9 Å². The second-order valence-electron chi connectivity index (χ2n) is 9.57. The van der Waals surface area contributed by atoms with E-state index >= 15 is 0 Å². The second-order valence-corrected chi connectivity index (χ2v) is 9.57. The van der Waals surface area contributed by atoms with Crippen molar-refractivity contribution in [1.29, 1.82) is 0 Å². The van der Waals surface area contributed by atoms with Crippen molar-refractivity contribution in [2.75, 3.05) is 0 Å². The molecule has 146 valence electrons. The summed E-state index contributed by atoms with van der Waals surface area (Å²) in [5.41, 5.74) is 3.08. The number of hydrogen-bond acceptors (Lipinski definition) is 0. The third-order valence-corrected chi connectivity index (χ3v) is 7.38. The molecule has 0 nitrogen and oxygen atoms in total. The predicted octanol–water partition coefficient (Wildman–Crippen LogP) is 7.98. The minimum Gasteiger partial charge on any atom is -0.0654 e. The Morgan fingerprint density at radius 2 is 1.12 bits per heavy atom. The van der Waals surface area contributed by atoms with Crippen LogP contribution in [0.3, 0.4) is 0 Å². The highest BCUT2D eigenvalue weighted by Crippen LogP contribution is 2.39. The van der Waals surface area contributed by atoms with Crippen LogP contribution < -0.4 is 0 Å². The predicted molar refractivity (Wildman–Crippen MR) is 115 cm³/mol. The molecule has 0 aliphatic heterocycles. The van der Waals surface area contributed by atoms with Crippen LogP contribution in [0, 0.1) is 23.7 Å². The van der Waals surface area contributed by atoms with E-state index in [4.69, 9.17) is 0 Å². The fraction of sp³-hybridized carbons (Fsp3) is 0.769. The van der Waals surface area contributed by atoms with Gasteiger partial charge < -0.3 is 0 Å². The molecule has 2 saturated carbocycles. The molecule has 0 saturated heterocycles. The molecule has 26 heavy (non-hydrogen) atoms. The van der Waals surface area contributed by atoms with E-state index in [0.717, 1.165) is 23.7 Å². The van der Waals surface area contributed by atoms with E-state index < -0.39 is 0 Å². The third-order valence-electron chi connectivity index (χ3n) is 7.38. The van der Waals surface area contributed by atoms with Crippen LogP contribution in [-0.2, 0) is 12.8 Å². The standard InChI is InChI=1S/C26H42/c1-3-5-21-7-11-23(12-8-21)19-25-15-17-26(18-16-25)20-24-13-9-22(6-4-2)10-14-24/h7-8,11-12,22,24-26H,3-6,9-10,13-20H2,1-2H3/t22?,24?,25-,26-. The maximum atomic E-state index is 2.39. The molecule has 3 rings (SSSR count). The van der Waals surface area contributed by atoms with E-state index in [-0.39, 0.29) is 0 Å². The van der Waals surface area contributed by atoms with Crippen LogP contribution >= 0.6 is 0 Å². The second kappa shape index (κ2) is 10.5. The van der Waals surface area contributed by atoms with E-state index in [1.807, 2.05) is 0 Å². The van der Waals surface area contributed by atoms with Crippen LogP contribution in [0.15, 0.2) is 24.3 Å². The highest BCUT2D eigenvalue weighted by Gasteiger charge is 2.26. The largest absolute Gasteiger partial charge is 0.0654 e. The molecule has 0 bridgehead atoms. The van der Waals surface area contributed by atoms with Gasteiger partial charge in [-0.1, -0.05) is 95.9 Å². The van der Waals surface area contributed by atoms with Gasteiger partial charge in [-0.3, -0.25) is 0 Å². The summed E-state index contributed by atoms with van der Waals surface area (Å²) in [6.45, 7) is 4.62. The molecule has 0 heteroatoms. The van der Waals surface area contributed by atoms with Crippen molar-refractivity contribution < 1.29 is 0 Å². The van der Waals surface area contributed by atoms with Gasteiger partial charge in [0.05, 0.1) is 0 Å². The van der Waals surface area contributed by atoms with Crippen LogP contribution in [0.4, 0.5) is 0 Å². The molecule has 0 N–H and O–H groups in total. The molecule has 0 spiro atoms. The minimum atomic E-state index is 0.948. The number of rotatable bonds is 8. The summed E-state index contributed by atoms with van der Waals surface area (Å²) >= 11 is 0. The van der Waals surface area contributed by atoms with Crippen molar-refractivity contribution in [1.82, 2.24) is 0 Å². The van der Waals surface area contributed by atoms with E-state index in [0.29, 0.717) is 0 Å². The normalized spacial score (nSPS) is 29.6. The van der Waals surface area contributed by atoms with Crippen molar-refractivity contribution in [3.63, 3.8) is 0 Å².